The number of hydrogen-bond acceptors (Lipinski definition) is 6. The lowest BCUT2D eigenvalue weighted by molar-refractivity contribution is -0.145. The Labute approximate surface area is 109 Å². The van der Waals surface area contributed by atoms with E-state index < -0.39 is 43.7 Å². The second kappa shape index (κ2) is 8.40. The summed E-state index contributed by atoms with van der Waals surface area (Å²) in [5.41, 5.74) is 0. The van der Waals surface area contributed by atoms with Gasteiger partial charge in [0.2, 0.25) is 0 Å². The topological polar surface area (TPSA) is 139 Å². The summed E-state index contributed by atoms with van der Waals surface area (Å²) in [5.74, 6) is -3.58. The number of carboxylic acid groups (broad SMARTS) is 3. The van der Waals surface area contributed by atoms with E-state index in [9.17, 15) is 14.4 Å². The molecule has 0 aromatic rings. The maximum Gasteiger partial charge on any atom is 0.317 e. The van der Waals surface area contributed by atoms with Crippen molar-refractivity contribution in [2.24, 2.45) is 0 Å². The van der Waals surface area contributed by atoms with Crippen molar-refractivity contribution in [3.05, 3.63) is 0 Å². The molecule has 4 N–H and O–H groups in total. The minimum absolute atomic E-state index is 0.00318. The smallest absolute Gasteiger partial charge is 0.317 e. The molecule has 0 saturated heterocycles. The molecule has 1 unspecified atom stereocenters. The number of hydrogen-bond donors (Lipinski definition) is 4. The van der Waals surface area contributed by atoms with Gasteiger partial charge in [-0.1, -0.05) is 0 Å². The lowest BCUT2D eigenvalue weighted by Crippen LogP contribution is -2.52. The van der Waals surface area contributed by atoms with Crippen molar-refractivity contribution in [1.82, 2.24) is 9.80 Å². The molecule has 19 heavy (non-hydrogen) atoms. The molecule has 110 valence electrons. The fraction of sp³-hybridized carbons (Fsp3) is 0.700. The molecule has 0 spiro atoms. The average molecular weight is 278 g/mol. The Morgan fingerprint density at radius 2 is 1.26 bits per heavy atom. The van der Waals surface area contributed by atoms with E-state index in [-0.39, 0.29) is 13.2 Å². The Hall–Kier alpha value is -1.71. The van der Waals surface area contributed by atoms with Crippen LogP contribution in [0.1, 0.15) is 6.92 Å². The van der Waals surface area contributed by atoms with Gasteiger partial charge in [-0.2, -0.15) is 0 Å². The van der Waals surface area contributed by atoms with E-state index >= 15 is 0 Å². The third kappa shape index (κ3) is 7.34. The summed E-state index contributed by atoms with van der Waals surface area (Å²) in [6.45, 7) is -0.305. The molecule has 9 heteroatoms. The third-order valence-electron chi connectivity index (χ3n) is 2.46. The van der Waals surface area contributed by atoms with Gasteiger partial charge in [0.15, 0.2) is 0 Å². The number of aliphatic hydroxyl groups is 1. The predicted octanol–water partition coefficient (Wildman–Crippen LogP) is -1.82. The van der Waals surface area contributed by atoms with Crippen LogP contribution in [0.2, 0.25) is 0 Å². The normalized spacial score (nSPS) is 12.6. The van der Waals surface area contributed by atoms with Gasteiger partial charge in [-0.05, 0) is 6.92 Å². The van der Waals surface area contributed by atoms with Crippen molar-refractivity contribution in [2.75, 3.05) is 32.8 Å². The number of rotatable bonds is 10. The molecule has 0 aliphatic carbocycles. The first-order chi connectivity index (χ1) is 8.77. The summed E-state index contributed by atoms with van der Waals surface area (Å²) in [4.78, 5) is 34.4. The molecular formula is C10H18N2O7. The van der Waals surface area contributed by atoms with Gasteiger partial charge < -0.3 is 20.4 Å². The van der Waals surface area contributed by atoms with Gasteiger partial charge in [0.05, 0.1) is 32.4 Å². The minimum Gasteiger partial charge on any atom is -0.480 e. The molecule has 0 heterocycles. The molecule has 0 aliphatic heterocycles. The van der Waals surface area contributed by atoms with Crippen LogP contribution in [0.25, 0.3) is 0 Å². The molecule has 0 saturated carbocycles. The van der Waals surface area contributed by atoms with Crippen LogP contribution >= 0.6 is 0 Å². The summed E-state index contributed by atoms with van der Waals surface area (Å²) < 4.78 is 0. The van der Waals surface area contributed by atoms with E-state index in [0.29, 0.717) is 0 Å². The number of carboxylic acids is 3. The van der Waals surface area contributed by atoms with Crippen LogP contribution in [-0.4, -0.2) is 87.1 Å². The largest absolute Gasteiger partial charge is 0.480 e. The quantitative estimate of drug-likeness (QED) is 0.340. The molecular weight excluding hydrogens is 260 g/mol. The highest BCUT2D eigenvalue weighted by Crippen LogP contribution is 2.05. The standard InChI is InChI=1S/C10H18N2O7/c1-7(11(2-3-13)4-8(14)15)12(5-9(16)17)6-10(18)19/h7,13H,2-6H2,1H3,(H,14,15)(H,16,17)(H,18,19). The van der Waals surface area contributed by atoms with Crippen LogP contribution in [0, 0.1) is 0 Å². The van der Waals surface area contributed by atoms with E-state index in [1.807, 2.05) is 0 Å². The first-order valence-corrected chi connectivity index (χ1v) is 5.52. The maximum absolute atomic E-state index is 10.7. The highest BCUT2D eigenvalue weighted by molar-refractivity contribution is 5.72. The molecule has 0 aromatic heterocycles. The van der Waals surface area contributed by atoms with Gasteiger partial charge in [0.25, 0.3) is 0 Å². The monoisotopic (exact) mass is 278 g/mol. The Kier molecular flexibility index (Phi) is 7.65. The van der Waals surface area contributed by atoms with Crippen LogP contribution in [0.3, 0.4) is 0 Å². The summed E-state index contributed by atoms with van der Waals surface area (Å²) >= 11 is 0. The molecule has 0 fully saturated rings. The average Bonchev–Trinajstić information content (AvgIpc) is 2.24. The van der Waals surface area contributed by atoms with E-state index in [2.05, 4.69) is 0 Å². The lowest BCUT2D eigenvalue weighted by Gasteiger charge is -2.34. The summed E-state index contributed by atoms with van der Waals surface area (Å²) in [5, 5.41) is 35.0. The molecule has 1 atom stereocenters. The number of nitrogens with zero attached hydrogens (tertiary/aromatic N) is 2. The van der Waals surface area contributed by atoms with Crippen molar-refractivity contribution < 1.29 is 34.8 Å². The molecule has 0 aliphatic rings. The highest BCUT2D eigenvalue weighted by atomic mass is 16.4. The van der Waals surface area contributed by atoms with Crippen LogP contribution in [0.5, 0.6) is 0 Å². The van der Waals surface area contributed by atoms with Crippen molar-refractivity contribution in [3.8, 4) is 0 Å². The second-order valence-electron chi connectivity index (χ2n) is 3.91. The van der Waals surface area contributed by atoms with Gasteiger partial charge in [0.1, 0.15) is 0 Å². The zero-order valence-electron chi connectivity index (χ0n) is 10.5. The van der Waals surface area contributed by atoms with Gasteiger partial charge in [0, 0.05) is 6.54 Å². The fourth-order valence-electron chi connectivity index (χ4n) is 1.60. The van der Waals surface area contributed by atoms with Crippen molar-refractivity contribution in [2.45, 2.75) is 13.1 Å². The Morgan fingerprint density at radius 1 is 0.895 bits per heavy atom. The number of aliphatic hydroxyl groups excluding tert-OH is 1. The minimum atomic E-state index is -1.22. The zero-order valence-corrected chi connectivity index (χ0v) is 10.5. The highest BCUT2D eigenvalue weighted by Gasteiger charge is 2.25. The first kappa shape index (κ1) is 17.3. The fourth-order valence-corrected chi connectivity index (χ4v) is 1.60. The molecule has 0 bridgehead atoms. The van der Waals surface area contributed by atoms with Crippen LogP contribution in [-0.2, 0) is 14.4 Å². The molecule has 9 nitrogen and oxygen atoms in total. The van der Waals surface area contributed by atoms with Gasteiger partial charge in [-0.25, -0.2) is 0 Å². The van der Waals surface area contributed by atoms with Crippen molar-refractivity contribution >= 4 is 17.9 Å². The van der Waals surface area contributed by atoms with E-state index in [1.165, 1.54) is 11.8 Å². The third-order valence-corrected chi connectivity index (χ3v) is 2.46. The second-order valence-corrected chi connectivity index (χ2v) is 3.91. The summed E-state index contributed by atoms with van der Waals surface area (Å²) in [6, 6.07) is 0. The lowest BCUT2D eigenvalue weighted by atomic mass is 10.3. The summed E-state index contributed by atoms with van der Waals surface area (Å²) in [7, 11) is 0. The molecule has 0 rings (SSSR count). The van der Waals surface area contributed by atoms with E-state index in [1.54, 1.807) is 0 Å². The van der Waals surface area contributed by atoms with E-state index in [4.69, 9.17) is 20.4 Å². The Balaban J connectivity index is 4.86. The van der Waals surface area contributed by atoms with Crippen LogP contribution < -0.4 is 0 Å². The SMILES string of the molecule is CC(N(CCO)CC(=O)O)N(CC(=O)O)CC(=O)O. The van der Waals surface area contributed by atoms with Crippen LogP contribution in [0.15, 0.2) is 0 Å². The van der Waals surface area contributed by atoms with E-state index in [0.717, 1.165) is 4.90 Å². The molecule has 0 radical (unpaired) electrons. The van der Waals surface area contributed by atoms with Crippen molar-refractivity contribution in [3.63, 3.8) is 0 Å². The van der Waals surface area contributed by atoms with Crippen LogP contribution in [0.4, 0.5) is 0 Å². The summed E-state index contributed by atoms with van der Waals surface area (Å²) in [6.07, 6.45) is -0.740. The predicted molar refractivity (Wildman–Crippen MR) is 62.6 cm³/mol. The zero-order chi connectivity index (χ0) is 15.0. The first-order valence-electron chi connectivity index (χ1n) is 5.52. The van der Waals surface area contributed by atoms with Gasteiger partial charge >= 0.3 is 17.9 Å². The number of carbonyl (C=O) groups is 3. The maximum atomic E-state index is 10.7. The number of aliphatic carboxylic acids is 3. The Morgan fingerprint density at radius 3 is 1.58 bits per heavy atom. The van der Waals surface area contributed by atoms with Gasteiger partial charge in [-0.15, -0.1) is 0 Å². The van der Waals surface area contributed by atoms with Crippen molar-refractivity contribution in [1.29, 1.82) is 0 Å². The molecule has 0 amide bonds. The van der Waals surface area contributed by atoms with Gasteiger partial charge in [-0.3, -0.25) is 24.2 Å². The Bertz CT molecular complexity index is 318. The molecule has 0 aromatic carbocycles.